The quantitative estimate of drug-likeness (QED) is 0.512. The van der Waals surface area contributed by atoms with E-state index in [0.29, 0.717) is 18.6 Å². The molecule has 2 fully saturated rings. The van der Waals surface area contributed by atoms with Crippen LogP contribution in [0.2, 0.25) is 0 Å². The van der Waals surface area contributed by atoms with E-state index in [1.807, 2.05) is 13.8 Å². The lowest BCUT2D eigenvalue weighted by Crippen LogP contribution is -2.44. The number of hydrogen-bond acceptors (Lipinski definition) is 6. The average molecular weight is 346 g/mol. The van der Waals surface area contributed by atoms with Crippen molar-refractivity contribution in [2.24, 2.45) is 16.7 Å². The minimum atomic E-state index is -1.08. The van der Waals surface area contributed by atoms with Crippen LogP contribution in [-0.4, -0.2) is 23.4 Å². The van der Waals surface area contributed by atoms with Crippen LogP contribution >= 0.6 is 0 Å². The van der Waals surface area contributed by atoms with Crippen molar-refractivity contribution in [1.29, 1.82) is 0 Å². The number of nitrogens with one attached hydrogen (secondary N) is 1. The third-order valence-electron chi connectivity index (χ3n) is 5.93. The molecule has 1 amide bonds. The number of carbonyl (C=O) groups excluding carboxylic acids is 2. The summed E-state index contributed by atoms with van der Waals surface area (Å²) in [4.78, 5) is 36.5. The second kappa shape index (κ2) is 4.93. The lowest BCUT2D eigenvalue weighted by Gasteiger charge is -2.32. The summed E-state index contributed by atoms with van der Waals surface area (Å²) in [7, 11) is 0. The molecule has 1 N–H and O–H groups in total. The molecule has 0 aromatic heterocycles. The first-order valence-electron chi connectivity index (χ1n) is 8.20. The van der Waals surface area contributed by atoms with Crippen LogP contribution in [0, 0.1) is 26.9 Å². The molecule has 8 nitrogen and oxygen atoms in total. The molecule has 0 saturated heterocycles. The fraction of sp³-hybridized carbons (Fsp3) is 0.529. The number of nitro benzene ring substituents is 1. The summed E-state index contributed by atoms with van der Waals surface area (Å²) in [6.07, 6.45) is 1.81. The number of amides is 1. The van der Waals surface area contributed by atoms with Crippen molar-refractivity contribution in [3.8, 4) is 11.5 Å². The van der Waals surface area contributed by atoms with E-state index in [9.17, 15) is 19.7 Å². The summed E-state index contributed by atoms with van der Waals surface area (Å²) < 4.78 is 10.4. The highest BCUT2D eigenvalue weighted by molar-refractivity contribution is 6.15. The molecule has 1 aliphatic heterocycles. The zero-order chi connectivity index (χ0) is 18.0. The monoisotopic (exact) mass is 346 g/mol. The Morgan fingerprint density at radius 2 is 2.00 bits per heavy atom. The summed E-state index contributed by atoms with van der Waals surface area (Å²) in [5, 5.41) is 14.0. The number of ether oxygens (including phenoxy) is 2. The Bertz CT molecular complexity index is 818. The largest absolute Gasteiger partial charge is 0.454 e. The maximum atomic E-state index is 12.9. The van der Waals surface area contributed by atoms with Crippen molar-refractivity contribution >= 4 is 23.1 Å². The van der Waals surface area contributed by atoms with Gasteiger partial charge in [-0.05, 0) is 25.2 Å². The molecule has 2 aliphatic carbocycles. The highest BCUT2D eigenvalue weighted by Gasteiger charge is 2.65. The fourth-order valence-electron chi connectivity index (χ4n) is 4.40. The molecular formula is C17H18N2O6. The van der Waals surface area contributed by atoms with Crippen LogP contribution in [0.25, 0.3) is 0 Å². The van der Waals surface area contributed by atoms with E-state index in [1.165, 1.54) is 12.1 Å². The number of anilines is 1. The number of carbonyl (C=O) groups is 2. The van der Waals surface area contributed by atoms with E-state index in [0.717, 1.165) is 6.42 Å². The van der Waals surface area contributed by atoms with Crippen LogP contribution in [-0.2, 0) is 9.59 Å². The van der Waals surface area contributed by atoms with E-state index >= 15 is 0 Å². The molecule has 2 unspecified atom stereocenters. The van der Waals surface area contributed by atoms with Crippen molar-refractivity contribution < 1.29 is 24.0 Å². The number of hydrogen-bond donors (Lipinski definition) is 1. The Labute approximate surface area is 143 Å². The van der Waals surface area contributed by atoms with Crippen molar-refractivity contribution in [3.05, 3.63) is 22.2 Å². The highest BCUT2D eigenvalue weighted by atomic mass is 16.7. The Hall–Kier alpha value is -2.64. The Balaban J connectivity index is 1.68. The first kappa shape index (κ1) is 15.9. The SMILES string of the molecule is CC1(C)C(=O)C2(C(=O)Nc3cc4c(cc3[N+](=O)[O-])OCO4)CCC1C2. The minimum Gasteiger partial charge on any atom is -0.454 e. The smallest absolute Gasteiger partial charge is 0.296 e. The van der Waals surface area contributed by atoms with Gasteiger partial charge in [-0.2, -0.15) is 0 Å². The van der Waals surface area contributed by atoms with Crippen molar-refractivity contribution in [2.75, 3.05) is 12.1 Å². The summed E-state index contributed by atoms with van der Waals surface area (Å²) in [6.45, 7) is 3.72. The van der Waals surface area contributed by atoms with Gasteiger partial charge in [-0.3, -0.25) is 19.7 Å². The highest BCUT2D eigenvalue weighted by Crippen LogP contribution is 2.60. The molecule has 25 heavy (non-hydrogen) atoms. The molecule has 4 rings (SSSR count). The zero-order valence-electron chi connectivity index (χ0n) is 14.0. The number of benzene rings is 1. The van der Waals surface area contributed by atoms with E-state index in [1.54, 1.807) is 0 Å². The maximum Gasteiger partial charge on any atom is 0.296 e. The molecule has 8 heteroatoms. The van der Waals surface area contributed by atoms with Gasteiger partial charge in [0.15, 0.2) is 17.3 Å². The number of rotatable bonds is 3. The lowest BCUT2D eigenvalue weighted by atomic mass is 9.70. The van der Waals surface area contributed by atoms with E-state index in [2.05, 4.69) is 5.32 Å². The van der Waals surface area contributed by atoms with Gasteiger partial charge in [0.25, 0.3) is 5.69 Å². The Morgan fingerprint density at radius 3 is 2.60 bits per heavy atom. The third-order valence-corrected chi connectivity index (χ3v) is 5.93. The van der Waals surface area contributed by atoms with Gasteiger partial charge in [0.05, 0.1) is 11.0 Å². The van der Waals surface area contributed by atoms with E-state index in [-0.39, 0.29) is 35.6 Å². The Kier molecular flexibility index (Phi) is 3.13. The van der Waals surface area contributed by atoms with Gasteiger partial charge in [-0.1, -0.05) is 13.8 Å². The topological polar surface area (TPSA) is 108 Å². The van der Waals surface area contributed by atoms with Gasteiger partial charge in [0.1, 0.15) is 11.1 Å². The molecule has 1 aromatic rings. The standard InChI is InChI=1S/C17H18N2O6/c1-16(2)9-3-4-17(7-9,14(16)20)15(21)18-10-5-12-13(25-8-24-12)6-11(10)19(22)23/h5-6,9H,3-4,7-8H2,1-2H3,(H,18,21). The second-order valence-corrected chi connectivity index (χ2v) is 7.51. The number of Topliss-reactive ketones (excluding diaryl/α,β-unsaturated/α-hetero) is 1. The molecule has 2 saturated carbocycles. The van der Waals surface area contributed by atoms with Gasteiger partial charge in [0.2, 0.25) is 12.7 Å². The predicted molar refractivity (Wildman–Crippen MR) is 86.4 cm³/mol. The number of fused-ring (bicyclic) bond motifs is 3. The van der Waals surface area contributed by atoms with Crippen LogP contribution in [0.5, 0.6) is 11.5 Å². The molecule has 1 heterocycles. The van der Waals surface area contributed by atoms with Crippen LogP contribution in [0.1, 0.15) is 33.1 Å². The summed E-state index contributed by atoms with van der Waals surface area (Å²) in [6, 6.07) is 2.61. The van der Waals surface area contributed by atoms with E-state index in [4.69, 9.17) is 9.47 Å². The number of nitrogens with zero attached hydrogens (tertiary/aromatic N) is 1. The van der Waals surface area contributed by atoms with Crippen molar-refractivity contribution in [2.45, 2.75) is 33.1 Å². The lowest BCUT2D eigenvalue weighted by molar-refractivity contribution is -0.384. The third kappa shape index (κ3) is 2.06. The summed E-state index contributed by atoms with van der Waals surface area (Å²) in [5.41, 5.74) is -1.88. The number of nitro groups is 1. The van der Waals surface area contributed by atoms with Gasteiger partial charge in [-0.15, -0.1) is 0 Å². The van der Waals surface area contributed by atoms with Gasteiger partial charge in [-0.25, -0.2) is 0 Å². The predicted octanol–water partition coefficient (Wildman–Crippen LogP) is 2.66. The Morgan fingerprint density at radius 1 is 1.32 bits per heavy atom. The van der Waals surface area contributed by atoms with Gasteiger partial charge in [0, 0.05) is 11.5 Å². The molecule has 0 spiro atoms. The molecule has 132 valence electrons. The van der Waals surface area contributed by atoms with Crippen molar-refractivity contribution in [3.63, 3.8) is 0 Å². The summed E-state index contributed by atoms with van der Waals surface area (Å²) >= 11 is 0. The summed E-state index contributed by atoms with van der Waals surface area (Å²) in [5.74, 6) is 0.241. The molecule has 3 aliphatic rings. The average Bonchev–Trinajstić information content (AvgIpc) is 3.23. The molecule has 1 aromatic carbocycles. The second-order valence-electron chi connectivity index (χ2n) is 7.51. The first-order valence-corrected chi connectivity index (χ1v) is 8.20. The maximum absolute atomic E-state index is 12.9. The molecule has 2 atom stereocenters. The molecule has 0 radical (unpaired) electrons. The van der Waals surface area contributed by atoms with Gasteiger partial charge >= 0.3 is 0 Å². The van der Waals surface area contributed by atoms with Crippen LogP contribution in [0.15, 0.2) is 12.1 Å². The fourth-order valence-corrected chi connectivity index (χ4v) is 4.40. The van der Waals surface area contributed by atoms with Crippen molar-refractivity contribution in [1.82, 2.24) is 0 Å². The normalized spacial score (nSPS) is 28.2. The first-order chi connectivity index (χ1) is 11.8. The van der Waals surface area contributed by atoms with Crippen LogP contribution < -0.4 is 14.8 Å². The molecule has 2 bridgehead atoms. The van der Waals surface area contributed by atoms with E-state index < -0.39 is 21.7 Å². The van der Waals surface area contributed by atoms with Gasteiger partial charge < -0.3 is 14.8 Å². The number of ketones is 1. The minimum absolute atomic E-state index is 0.0228. The molecular weight excluding hydrogens is 328 g/mol. The van der Waals surface area contributed by atoms with Crippen LogP contribution in [0.4, 0.5) is 11.4 Å². The zero-order valence-corrected chi connectivity index (χ0v) is 14.0. The van der Waals surface area contributed by atoms with Crippen LogP contribution in [0.3, 0.4) is 0 Å².